The lowest BCUT2D eigenvalue weighted by molar-refractivity contribution is -0.132. The molecule has 2 rings (SSSR count). The molecule has 0 unspecified atom stereocenters. The van der Waals surface area contributed by atoms with Crippen LogP contribution < -0.4 is 42.5 Å². The van der Waals surface area contributed by atoms with Gasteiger partial charge in [-0.2, -0.15) is 0 Å². The molecule has 1 aliphatic heterocycles. The van der Waals surface area contributed by atoms with Crippen molar-refractivity contribution in [2.45, 2.75) is 83.2 Å². The molecular formula is C28H46N8O8. The largest absolute Gasteiger partial charge is 0.356 e. The SMILES string of the molecule is CC(=O)NCC(=O)N[C@H]1CCC(=O)NCCCCNC(=O)CNC(=O)CNC(=O)[C@@H](CC2CCCCC2)NC(=O)CNC1=O. The number of hydrogen-bond donors (Lipinski definition) is 8. The summed E-state index contributed by atoms with van der Waals surface area (Å²) in [4.78, 5) is 98.9. The number of amides is 8. The Kier molecular flexibility index (Phi) is 16.2. The van der Waals surface area contributed by atoms with Gasteiger partial charge in [0.05, 0.1) is 26.2 Å². The van der Waals surface area contributed by atoms with Crippen LogP contribution in [0.1, 0.15) is 71.1 Å². The fourth-order valence-corrected chi connectivity index (χ4v) is 4.91. The molecule has 0 bridgehead atoms. The minimum absolute atomic E-state index is 0.0745. The zero-order valence-electron chi connectivity index (χ0n) is 25.3. The molecule has 1 aliphatic carbocycles. The summed E-state index contributed by atoms with van der Waals surface area (Å²) >= 11 is 0. The van der Waals surface area contributed by atoms with Gasteiger partial charge in [-0.05, 0) is 31.6 Å². The van der Waals surface area contributed by atoms with Crippen molar-refractivity contribution < 1.29 is 38.4 Å². The molecule has 0 radical (unpaired) electrons. The number of rotatable bonds is 5. The van der Waals surface area contributed by atoms with Crippen molar-refractivity contribution in [3.05, 3.63) is 0 Å². The predicted molar refractivity (Wildman–Crippen MR) is 157 cm³/mol. The number of hydrogen-bond acceptors (Lipinski definition) is 8. The van der Waals surface area contributed by atoms with E-state index in [-0.39, 0.29) is 44.3 Å². The van der Waals surface area contributed by atoms with E-state index in [0.717, 1.165) is 32.1 Å². The van der Waals surface area contributed by atoms with Gasteiger partial charge in [0.15, 0.2) is 0 Å². The first kappa shape index (κ1) is 36.0. The van der Waals surface area contributed by atoms with Crippen molar-refractivity contribution in [2.75, 3.05) is 39.3 Å². The lowest BCUT2D eigenvalue weighted by Crippen LogP contribution is -2.54. The Bertz CT molecular complexity index is 1050. The molecule has 2 aliphatic rings. The Morgan fingerprint density at radius 1 is 0.682 bits per heavy atom. The van der Waals surface area contributed by atoms with E-state index in [9.17, 15) is 38.4 Å². The first-order valence-electron chi connectivity index (χ1n) is 15.2. The first-order chi connectivity index (χ1) is 21.0. The van der Waals surface area contributed by atoms with Crippen LogP contribution in [0.3, 0.4) is 0 Å². The summed E-state index contributed by atoms with van der Waals surface area (Å²) in [5.74, 6) is -4.18. The monoisotopic (exact) mass is 622 g/mol. The lowest BCUT2D eigenvalue weighted by atomic mass is 9.84. The molecule has 16 nitrogen and oxygen atoms in total. The average molecular weight is 623 g/mol. The van der Waals surface area contributed by atoms with Crippen molar-refractivity contribution in [3.8, 4) is 0 Å². The molecular weight excluding hydrogens is 576 g/mol. The van der Waals surface area contributed by atoms with Gasteiger partial charge in [-0.15, -0.1) is 0 Å². The molecule has 246 valence electrons. The van der Waals surface area contributed by atoms with Gasteiger partial charge in [-0.1, -0.05) is 32.1 Å². The van der Waals surface area contributed by atoms with Crippen LogP contribution in [-0.2, 0) is 38.4 Å². The third kappa shape index (κ3) is 15.3. The number of carbonyl (C=O) groups is 8. The summed E-state index contributed by atoms with van der Waals surface area (Å²) in [5.41, 5.74) is 0. The van der Waals surface area contributed by atoms with Crippen molar-refractivity contribution >= 4 is 47.3 Å². The standard InChI is InChI=1S/C28H46N8O8/c1-18(37)31-16-25(41)35-20-9-10-22(38)29-11-5-6-12-30-23(39)14-32-24(40)15-33-28(44)21(13-19-7-3-2-4-8-19)36-26(42)17-34-27(20)43/h19-21H,2-17H2,1H3,(H,29,38)(H,30,39)(H,31,37)(H,32,40)(H,33,44)(H,34,43)(H,35,41)(H,36,42)/t20-,21+/m0/s1. The maximum Gasteiger partial charge on any atom is 0.243 e. The highest BCUT2D eigenvalue weighted by atomic mass is 16.2. The quantitative estimate of drug-likeness (QED) is 0.159. The molecule has 1 heterocycles. The van der Waals surface area contributed by atoms with Gasteiger partial charge in [0.1, 0.15) is 12.1 Å². The second-order valence-electron chi connectivity index (χ2n) is 11.0. The van der Waals surface area contributed by atoms with Crippen LogP contribution in [0.2, 0.25) is 0 Å². The van der Waals surface area contributed by atoms with Gasteiger partial charge >= 0.3 is 0 Å². The molecule has 8 N–H and O–H groups in total. The van der Waals surface area contributed by atoms with Crippen molar-refractivity contribution in [2.24, 2.45) is 5.92 Å². The molecule has 2 fully saturated rings. The van der Waals surface area contributed by atoms with E-state index in [1.165, 1.54) is 6.92 Å². The molecule has 1 saturated carbocycles. The Morgan fingerprint density at radius 3 is 1.95 bits per heavy atom. The van der Waals surface area contributed by atoms with Gasteiger partial charge in [0, 0.05) is 26.4 Å². The third-order valence-electron chi connectivity index (χ3n) is 7.30. The van der Waals surface area contributed by atoms with Gasteiger partial charge < -0.3 is 42.5 Å². The van der Waals surface area contributed by atoms with E-state index in [2.05, 4.69) is 42.5 Å². The predicted octanol–water partition coefficient (Wildman–Crippen LogP) is -2.78. The Balaban J connectivity index is 2.12. The van der Waals surface area contributed by atoms with E-state index in [1.807, 2.05) is 0 Å². The highest BCUT2D eigenvalue weighted by molar-refractivity contribution is 5.94. The summed E-state index contributed by atoms with van der Waals surface area (Å²) in [7, 11) is 0. The maximum absolute atomic E-state index is 13.0. The second-order valence-corrected chi connectivity index (χ2v) is 11.0. The van der Waals surface area contributed by atoms with E-state index < -0.39 is 60.0 Å². The highest BCUT2D eigenvalue weighted by Gasteiger charge is 2.27. The topological polar surface area (TPSA) is 233 Å². The summed E-state index contributed by atoms with van der Waals surface area (Å²) in [6, 6.07) is -2.14. The minimum atomic E-state index is -1.17. The van der Waals surface area contributed by atoms with Gasteiger partial charge in [0.25, 0.3) is 0 Å². The van der Waals surface area contributed by atoms with Gasteiger partial charge in [0.2, 0.25) is 47.3 Å². The number of nitrogens with one attached hydrogen (secondary N) is 8. The van der Waals surface area contributed by atoms with Crippen LogP contribution in [0, 0.1) is 5.92 Å². The zero-order valence-corrected chi connectivity index (χ0v) is 25.3. The maximum atomic E-state index is 13.0. The van der Waals surface area contributed by atoms with Crippen molar-refractivity contribution in [1.82, 2.24) is 42.5 Å². The molecule has 0 aromatic rings. The Labute approximate surface area is 256 Å². The molecule has 16 heteroatoms. The van der Waals surface area contributed by atoms with Crippen LogP contribution in [0.4, 0.5) is 0 Å². The normalized spacial score (nSPS) is 23.0. The Hall–Kier alpha value is -4.24. The molecule has 2 atom stereocenters. The molecule has 0 aromatic heterocycles. The smallest absolute Gasteiger partial charge is 0.243 e. The van der Waals surface area contributed by atoms with E-state index in [0.29, 0.717) is 32.4 Å². The van der Waals surface area contributed by atoms with Crippen LogP contribution in [0.5, 0.6) is 0 Å². The molecule has 44 heavy (non-hydrogen) atoms. The molecule has 0 aromatic carbocycles. The fourth-order valence-electron chi connectivity index (χ4n) is 4.91. The molecule has 0 spiro atoms. The van der Waals surface area contributed by atoms with Gasteiger partial charge in [-0.25, -0.2) is 0 Å². The summed E-state index contributed by atoms with van der Waals surface area (Å²) in [5, 5.41) is 20.2. The Morgan fingerprint density at radius 2 is 1.27 bits per heavy atom. The van der Waals surface area contributed by atoms with E-state index in [4.69, 9.17) is 0 Å². The van der Waals surface area contributed by atoms with Crippen LogP contribution >= 0.6 is 0 Å². The molecule has 8 amide bonds. The zero-order chi connectivity index (χ0) is 32.3. The third-order valence-corrected chi connectivity index (χ3v) is 7.30. The summed E-state index contributed by atoms with van der Waals surface area (Å²) in [6.45, 7) is 0.338. The van der Waals surface area contributed by atoms with Crippen LogP contribution in [-0.4, -0.2) is 98.6 Å². The van der Waals surface area contributed by atoms with E-state index in [1.54, 1.807) is 0 Å². The summed E-state index contributed by atoms with van der Waals surface area (Å²) < 4.78 is 0. The number of carbonyl (C=O) groups excluding carboxylic acids is 8. The van der Waals surface area contributed by atoms with E-state index >= 15 is 0 Å². The highest BCUT2D eigenvalue weighted by Crippen LogP contribution is 2.27. The van der Waals surface area contributed by atoms with Crippen molar-refractivity contribution in [1.29, 1.82) is 0 Å². The van der Waals surface area contributed by atoms with Crippen LogP contribution in [0.25, 0.3) is 0 Å². The molecule has 1 saturated heterocycles. The first-order valence-corrected chi connectivity index (χ1v) is 15.2. The fraction of sp³-hybridized carbons (Fsp3) is 0.714. The van der Waals surface area contributed by atoms with Crippen molar-refractivity contribution in [3.63, 3.8) is 0 Å². The second kappa shape index (κ2) is 19.9. The minimum Gasteiger partial charge on any atom is -0.356 e. The van der Waals surface area contributed by atoms with Crippen LogP contribution in [0.15, 0.2) is 0 Å². The average Bonchev–Trinajstić information content (AvgIpc) is 2.99. The lowest BCUT2D eigenvalue weighted by Gasteiger charge is -2.26. The summed E-state index contributed by atoms with van der Waals surface area (Å²) in [6.07, 6.45) is 6.22. The van der Waals surface area contributed by atoms with Gasteiger partial charge in [-0.3, -0.25) is 38.4 Å².